The van der Waals surface area contributed by atoms with Crippen LogP contribution in [0.1, 0.15) is 12.5 Å². The second kappa shape index (κ2) is 4.65. The van der Waals surface area contributed by atoms with Crippen LogP contribution in [0.15, 0.2) is 48.7 Å². The minimum atomic E-state index is 0.962. The maximum absolute atomic E-state index is 3.16. The molecule has 0 radical (unpaired) electrons. The van der Waals surface area contributed by atoms with Crippen LogP contribution in [0.5, 0.6) is 0 Å². The van der Waals surface area contributed by atoms with E-state index < -0.39 is 0 Å². The molecule has 0 heterocycles. The first-order chi connectivity index (χ1) is 7.40. The van der Waals surface area contributed by atoms with Crippen LogP contribution in [-0.4, -0.2) is 6.54 Å². The molecule has 0 unspecified atom stereocenters. The summed E-state index contributed by atoms with van der Waals surface area (Å²) in [6.07, 6.45) is 4.08. The van der Waals surface area contributed by atoms with Crippen molar-refractivity contribution in [3.63, 3.8) is 0 Å². The fourth-order valence-electron chi connectivity index (χ4n) is 1.58. The minimum absolute atomic E-state index is 0.962. The second-order valence-corrected chi connectivity index (χ2v) is 3.50. The van der Waals surface area contributed by atoms with E-state index in [9.17, 15) is 0 Å². The SMILES string of the molecule is CCNC=Cc1ccc2ccccc2c1. The second-order valence-electron chi connectivity index (χ2n) is 3.50. The number of benzene rings is 2. The molecule has 0 saturated carbocycles. The first kappa shape index (κ1) is 9.78. The molecule has 1 nitrogen and oxygen atoms in total. The Morgan fingerprint density at radius 1 is 1.07 bits per heavy atom. The van der Waals surface area contributed by atoms with Crippen LogP contribution in [0.25, 0.3) is 16.8 Å². The first-order valence-corrected chi connectivity index (χ1v) is 5.29. The van der Waals surface area contributed by atoms with Gasteiger partial charge in [0.05, 0.1) is 0 Å². The lowest BCUT2D eigenvalue weighted by molar-refractivity contribution is 0.924. The van der Waals surface area contributed by atoms with Crippen molar-refractivity contribution in [3.8, 4) is 0 Å². The summed E-state index contributed by atoms with van der Waals surface area (Å²) in [5.41, 5.74) is 1.23. The van der Waals surface area contributed by atoms with Crippen LogP contribution < -0.4 is 5.32 Å². The number of hydrogen-bond donors (Lipinski definition) is 1. The molecule has 2 rings (SSSR count). The molecule has 0 fully saturated rings. The van der Waals surface area contributed by atoms with Gasteiger partial charge < -0.3 is 5.32 Å². The average Bonchev–Trinajstić information content (AvgIpc) is 2.29. The van der Waals surface area contributed by atoms with E-state index in [1.807, 2.05) is 6.20 Å². The van der Waals surface area contributed by atoms with E-state index in [0.29, 0.717) is 0 Å². The van der Waals surface area contributed by atoms with Gasteiger partial charge in [-0.25, -0.2) is 0 Å². The standard InChI is InChI=1S/C14H15N/c1-2-15-10-9-12-7-8-13-5-3-4-6-14(13)11-12/h3-11,15H,2H2,1H3. The van der Waals surface area contributed by atoms with E-state index in [1.165, 1.54) is 16.3 Å². The maximum Gasteiger partial charge on any atom is 0.0113 e. The molecule has 0 aliphatic carbocycles. The van der Waals surface area contributed by atoms with Gasteiger partial charge in [0.15, 0.2) is 0 Å². The van der Waals surface area contributed by atoms with Gasteiger partial charge in [-0.3, -0.25) is 0 Å². The summed E-state index contributed by atoms with van der Waals surface area (Å²) in [6.45, 7) is 3.05. The molecule has 0 saturated heterocycles. The van der Waals surface area contributed by atoms with Crippen molar-refractivity contribution in [1.29, 1.82) is 0 Å². The van der Waals surface area contributed by atoms with Crippen LogP contribution in [0.2, 0.25) is 0 Å². The zero-order valence-electron chi connectivity index (χ0n) is 8.90. The maximum atomic E-state index is 3.16. The third kappa shape index (κ3) is 2.38. The summed E-state index contributed by atoms with van der Waals surface area (Å²) >= 11 is 0. The highest BCUT2D eigenvalue weighted by molar-refractivity contribution is 5.84. The zero-order chi connectivity index (χ0) is 10.5. The van der Waals surface area contributed by atoms with Crippen LogP contribution in [-0.2, 0) is 0 Å². The van der Waals surface area contributed by atoms with Gasteiger partial charge >= 0.3 is 0 Å². The van der Waals surface area contributed by atoms with Gasteiger partial charge in [0.1, 0.15) is 0 Å². The molecule has 2 aromatic rings. The zero-order valence-corrected chi connectivity index (χ0v) is 8.90. The molecule has 76 valence electrons. The molecule has 0 spiro atoms. The number of rotatable bonds is 3. The number of hydrogen-bond acceptors (Lipinski definition) is 1. The van der Waals surface area contributed by atoms with E-state index in [4.69, 9.17) is 0 Å². The minimum Gasteiger partial charge on any atom is -0.391 e. The molecule has 0 aliphatic rings. The first-order valence-electron chi connectivity index (χ1n) is 5.29. The molecule has 0 bridgehead atoms. The van der Waals surface area contributed by atoms with E-state index in [-0.39, 0.29) is 0 Å². The van der Waals surface area contributed by atoms with Crippen molar-refractivity contribution in [1.82, 2.24) is 5.32 Å². The van der Waals surface area contributed by atoms with Gasteiger partial charge in [-0.15, -0.1) is 0 Å². The Hall–Kier alpha value is -1.76. The monoisotopic (exact) mass is 197 g/mol. The summed E-state index contributed by atoms with van der Waals surface area (Å²) in [7, 11) is 0. The van der Waals surface area contributed by atoms with Gasteiger partial charge in [-0.2, -0.15) is 0 Å². The molecular weight excluding hydrogens is 182 g/mol. The Morgan fingerprint density at radius 2 is 1.87 bits per heavy atom. The fourth-order valence-corrected chi connectivity index (χ4v) is 1.58. The Morgan fingerprint density at radius 3 is 2.67 bits per heavy atom. The highest BCUT2D eigenvalue weighted by atomic mass is 14.8. The van der Waals surface area contributed by atoms with Crippen molar-refractivity contribution in [2.45, 2.75) is 6.92 Å². The Labute approximate surface area is 90.4 Å². The van der Waals surface area contributed by atoms with Crippen molar-refractivity contribution in [3.05, 3.63) is 54.2 Å². The van der Waals surface area contributed by atoms with E-state index in [0.717, 1.165) is 6.54 Å². The molecule has 0 amide bonds. The Balaban J connectivity index is 2.30. The molecule has 1 N–H and O–H groups in total. The van der Waals surface area contributed by atoms with Crippen molar-refractivity contribution in [2.75, 3.05) is 6.54 Å². The molecule has 0 aliphatic heterocycles. The van der Waals surface area contributed by atoms with Gasteiger partial charge in [0.2, 0.25) is 0 Å². The third-order valence-electron chi connectivity index (χ3n) is 2.37. The highest BCUT2D eigenvalue weighted by Gasteiger charge is 1.91. The van der Waals surface area contributed by atoms with Crippen molar-refractivity contribution >= 4 is 16.8 Å². The number of nitrogens with one attached hydrogen (secondary N) is 1. The number of fused-ring (bicyclic) bond motifs is 1. The Kier molecular flexibility index (Phi) is 3.03. The normalized spacial score (nSPS) is 11.0. The van der Waals surface area contributed by atoms with Gasteiger partial charge in [0, 0.05) is 6.54 Å². The van der Waals surface area contributed by atoms with E-state index >= 15 is 0 Å². The summed E-state index contributed by atoms with van der Waals surface area (Å²) in [5.74, 6) is 0. The average molecular weight is 197 g/mol. The van der Waals surface area contributed by atoms with Crippen LogP contribution in [0.3, 0.4) is 0 Å². The van der Waals surface area contributed by atoms with Crippen LogP contribution in [0.4, 0.5) is 0 Å². The van der Waals surface area contributed by atoms with E-state index in [2.05, 4.69) is 60.8 Å². The Bertz CT molecular complexity index is 471. The highest BCUT2D eigenvalue weighted by Crippen LogP contribution is 2.16. The summed E-state index contributed by atoms with van der Waals surface area (Å²) in [6, 6.07) is 14.9. The largest absolute Gasteiger partial charge is 0.391 e. The lowest BCUT2D eigenvalue weighted by atomic mass is 10.1. The molecule has 15 heavy (non-hydrogen) atoms. The molecule has 0 aromatic heterocycles. The van der Waals surface area contributed by atoms with Gasteiger partial charge in [0.25, 0.3) is 0 Å². The summed E-state index contributed by atoms with van der Waals surface area (Å²) in [5, 5.41) is 5.74. The quantitative estimate of drug-likeness (QED) is 0.795. The summed E-state index contributed by atoms with van der Waals surface area (Å²) < 4.78 is 0. The van der Waals surface area contributed by atoms with Crippen molar-refractivity contribution < 1.29 is 0 Å². The van der Waals surface area contributed by atoms with Gasteiger partial charge in [-0.05, 0) is 41.6 Å². The van der Waals surface area contributed by atoms with E-state index in [1.54, 1.807) is 0 Å². The topological polar surface area (TPSA) is 12.0 Å². The summed E-state index contributed by atoms with van der Waals surface area (Å²) in [4.78, 5) is 0. The lowest BCUT2D eigenvalue weighted by Crippen LogP contribution is -2.00. The molecule has 0 atom stereocenters. The lowest BCUT2D eigenvalue weighted by Gasteiger charge is -1.99. The predicted molar refractivity (Wildman–Crippen MR) is 66.7 cm³/mol. The smallest absolute Gasteiger partial charge is 0.0113 e. The molecular formula is C14H15N. The third-order valence-corrected chi connectivity index (χ3v) is 2.37. The van der Waals surface area contributed by atoms with Crippen molar-refractivity contribution in [2.24, 2.45) is 0 Å². The predicted octanol–water partition coefficient (Wildman–Crippen LogP) is 3.42. The molecule has 1 heteroatoms. The van der Waals surface area contributed by atoms with Gasteiger partial charge in [-0.1, -0.05) is 36.4 Å². The van der Waals surface area contributed by atoms with Crippen LogP contribution in [0, 0.1) is 0 Å². The van der Waals surface area contributed by atoms with Crippen LogP contribution >= 0.6 is 0 Å². The molecule has 2 aromatic carbocycles. The fraction of sp³-hybridized carbons (Fsp3) is 0.143.